The highest BCUT2D eigenvalue weighted by Gasteiger charge is 2.10. The Kier molecular flexibility index (Phi) is 2.32. The molecule has 0 radical (unpaired) electrons. The molecule has 0 spiro atoms. The summed E-state index contributed by atoms with van der Waals surface area (Å²) >= 11 is 0. The highest BCUT2D eigenvalue weighted by molar-refractivity contribution is 5.85. The maximum atomic E-state index is 4.58. The molecule has 0 unspecified atom stereocenters. The van der Waals surface area contributed by atoms with Crippen LogP contribution in [0.3, 0.4) is 0 Å². The lowest BCUT2D eigenvalue weighted by molar-refractivity contribution is 0.785. The van der Waals surface area contributed by atoms with Crippen LogP contribution in [0.5, 0.6) is 0 Å². The summed E-state index contributed by atoms with van der Waals surface area (Å²) in [6.45, 7) is 0. The largest absolute Gasteiger partial charge is 0.253 e. The van der Waals surface area contributed by atoms with E-state index in [1.165, 1.54) is 0 Å². The number of fused-ring (bicyclic) bond motifs is 1. The molecule has 0 bridgehead atoms. The van der Waals surface area contributed by atoms with Crippen LogP contribution < -0.4 is 0 Å². The molecule has 0 aliphatic rings. The summed E-state index contributed by atoms with van der Waals surface area (Å²) in [6, 6.07) is 11.6. The third-order valence-corrected chi connectivity index (χ3v) is 3.00. The molecule has 6 heteroatoms. The fraction of sp³-hybridized carbons (Fsp3) is 0. The van der Waals surface area contributed by atoms with Crippen molar-refractivity contribution in [1.29, 1.82) is 0 Å². The molecular weight excluding hydrogens is 252 g/mol. The highest BCUT2D eigenvalue weighted by atomic mass is 15.4. The zero-order chi connectivity index (χ0) is 13.4. The molecule has 3 heterocycles. The van der Waals surface area contributed by atoms with Crippen molar-refractivity contribution >= 4 is 10.9 Å². The van der Waals surface area contributed by atoms with Gasteiger partial charge < -0.3 is 0 Å². The fourth-order valence-corrected chi connectivity index (χ4v) is 2.11. The predicted octanol–water partition coefficient (Wildman–Crippen LogP) is 2.00. The van der Waals surface area contributed by atoms with Crippen molar-refractivity contribution < 1.29 is 0 Å². The van der Waals surface area contributed by atoms with Crippen molar-refractivity contribution in [3.05, 3.63) is 61.2 Å². The Morgan fingerprint density at radius 2 is 1.50 bits per heavy atom. The van der Waals surface area contributed by atoms with Crippen LogP contribution in [-0.4, -0.2) is 29.5 Å². The average Bonchev–Trinajstić information content (AvgIpc) is 3.19. The second-order valence-corrected chi connectivity index (χ2v) is 4.27. The Morgan fingerprint density at radius 3 is 2.25 bits per heavy atom. The fourth-order valence-electron chi connectivity index (χ4n) is 2.11. The molecule has 1 aromatic carbocycles. The van der Waals surface area contributed by atoms with Gasteiger partial charge in [-0.1, -0.05) is 12.1 Å². The van der Waals surface area contributed by atoms with Crippen LogP contribution in [0.4, 0.5) is 0 Å². The quantitative estimate of drug-likeness (QED) is 0.554. The minimum Gasteiger partial charge on any atom is -0.222 e. The van der Waals surface area contributed by atoms with Crippen molar-refractivity contribution in [1.82, 2.24) is 29.5 Å². The van der Waals surface area contributed by atoms with E-state index in [4.69, 9.17) is 0 Å². The van der Waals surface area contributed by atoms with E-state index in [0.717, 1.165) is 16.7 Å². The zero-order valence-corrected chi connectivity index (χ0v) is 10.5. The first kappa shape index (κ1) is 10.9. The Hall–Kier alpha value is -3.02. The van der Waals surface area contributed by atoms with Crippen LogP contribution in [0.25, 0.3) is 22.7 Å². The molecule has 0 fully saturated rings. The molecule has 0 aliphatic carbocycles. The van der Waals surface area contributed by atoms with Crippen LogP contribution in [0.1, 0.15) is 0 Å². The Morgan fingerprint density at radius 1 is 0.750 bits per heavy atom. The molecule has 0 saturated heterocycles. The van der Waals surface area contributed by atoms with Gasteiger partial charge >= 0.3 is 0 Å². The summed E-state index contributed by atoms with van der Waals surface area (Å²) in [5.41, 5.74) is 0.860. The first-order valence-electron chi connectivity index (χ1n) is 6.19. The Bertz CT molecular complexity index is 849. The van der Waals surface area contributed by atoms with Gasteiger partial charge in [0.1, 0.15) is 0 Å². The Balaban J connectivity index is 2.05. The lowest BCUT2D eigenvalue weighted by atomic mass is 10.2. The normalized spacial score (nSPS) is 11.0. The third-order valence-electron chi connectivity index (χ3n) is 3.00. The van der Waals surface area contributed by atoms with Crippen molar-refractivity contribution in [2.75, 3.05) is 0 Å². The van der Waals surface area contributed by atoms with E-state index in [1.54, 1.807) is 21.8 Å². The molecule has 0 amide bonds. The monoisotopic (exact) mass is 262 g/mol. The SMILES string of the molecule is c1ccc2c(-n3cccn3)nc(-n3cccn3)nc2c1. The lowest BCUT2D eigenvalue weighted by Gasteiger charge is -2.08. The van der Waals surface area contributed by atoms with Gasteiger partial charge in [0.15, 0.2) is 5.82 Å². The van der Waals surface area contributed by atoms with Gasteiger partial charge in [-0.25, -0.2) is 14.3 Å². The van der Waals surface area contributed by atoms with E-state index < -0.39 is 0 Å². The van der Waals surface area contributed by atoms with Crippen LogP contribution in [0, 0.1) is 0 Å². The molecule has 4 rings (SSSR count). The molecule has 0 atom stereocenters. The number of benzene rings is 1. The molecular formula is C14H10N6. The number of rotatable bonds is 2. The standard InChI is InChI=1S/C14H10N6/c1-2-6-12-11(5-1)13(19-9-3-7-15-19)18-14(17-12)20-10-4-8-16-20/h1-10H. The summed E-state index contributed by atoms with van der Waals surface area (Å²) in [5.74, 6) is 1.27. The van der Waals surface area contributed by atoms with Crippen LogP contribution in [-0.2, 0) is 0 Å². The smallest absolute Gasteiger partial charge is 0.222 e. The van der Waals surface area contributed by atoms with E-state index >= 15 is 0 Å². The molecule has 0 N–H and O–H groups in total. The van der Waals surface area contributed by atoms with Crippen molar-refractivity contribution in [2.24, 2.45) is 0 Å². The van der Waals surface area contributed by atoms with Crippen LogP contribution in [0.2, 0.25) is 0 Å². The van der Waals surface area contributed by atoms with Gasteiger partial charge in [0, 0.05) is 30.2 Å². The average molecular weight is 262 g/mol. The lowest BCUT2D eigenvalue weighted by Crippen LogP contribution is -2.07. The number of nitrogens with zero attached hydrogens (tertiary/aromatic N) is 6. The van der Waals surface area contributed by atoms with E-state index in [1.807, 2.05) is 48.8 Å². The maximum absolute atomic E-state index is 4.58. The van der Waals surface area contributed by atoms with Gasteiger partial charge in [-0.15, -0.1) is 0 Å². The first-order chi connectivity index (χ1) is 9.92. The zero-order valence-electron chi connectivity index (χ0n) is 10.5. The minimum atomic E-state index is 0.527. The van der Waals surface area contributed by atoms with Crippen LogP contribution in [0.15, 0.2) is 61.2 Å². The van der Waals surface area contributed by atoms with Gasteiger partial charge in [0.25, 0.3) is 5.95 Å². The molecule has 4 aromatic rings. The van der Waals surface area contributed by atoms with Crippen molar-refractivity contribution in [3.8, 4) is 11.8 Å². The van der Waals surface area contributed by atoms with Gasteiger partial charge in [-0.05, 0) is 24.3 Å². The van der Waals surface area contributed by atoms with Gasteiger partial charge in [0.05, 0.1) is 5.52 Å². The third kappa shape index (κ3) is 1.66. The topological polar surface area (TPSA) is 61.4 Å². The number of aromatic nitrogens is 6. The van der Waals surface area contributed by atoms with Crippen LogP contribution >= 0.6 is 0 Å². The van der Waals surface area contributed by atoms with Gasteiger partial charge in [-0.2, -0.15) is 15.2 Å². The summed E-state index contributed by atoms with van der Waals surface area (Å²) in [7, 11) is 0. The minimum absolute atomic E-state index is 0.527. The second kappa shape index (κ2) is 4.27. The summed E-state index contributed by atoms with van der Waals surface area (Å²) in [6.07, 6.45) is 7.11. The predicted molar refractivity (Wildman–Crippen MR) is 73.8 cm³/mol. The van der Waals surface area contributed by atoms with Gasteiger partial charge in [-0.3, -0.25) is 0 Å². The Labute approximate surface area is 114 Å². The van der Waals surface area contributed by atoms with Crippen molar-refractivity contribution in [2.45, 2.75) is 0 Å². The number of hydrogen-bond acceptors (Lipinski definition) is 4. The van der Waals surface area contributed by atoms with Gasteiger partial charge in [0.2, 0.25) is 0 Å². The van der Waals surface area contributed by atoms with E-state index in [-0.39, 0.29) is 0 Å². The highest BCUT2D eigenvalue weighted by Crippen LogP contribution is 2.19. The first-order valence-corrected chi connectivity index (χ1v) is 6.19. The second-order valence-electron chi connectivity index (χ2n) is 4.27. The molecule has 20 heavy (non-hydrogen) atoms. The summed E-state index contributed by atoms with van der Waals surface area (Å²) in [4.78, 5) is 9.11. The van der Waals surface area contributed by atoms with Crippen molar-refractivity contribution in [3.63, 3.8) is 0 Å². The number of para-hydroxylation sites is 1. The van der Waals surface area contributed by atoms with E-state index in [0.29, 0.717) is 5.95 Å². The maximum Gasteiger partial charge on any atom is 0.253 e. The molecule has 96 valence electrons. The molecule has 0 saturated carbocycles. The number of hydrogen-bond donors (Lipinski definition) is 0. The summed E-state index contributed by atoms with van der Waals surface area (Å²) < 4.78 is 3.37. The summed E-state index contributed by atoms with van der Waals surface area (Å²) in [5, 5.41) is 9.38. The van der Waals surface area contributed by atoms with E-state index in [2.05, 4.69) is 20.2 Å². The van der Waals surface area contributed by atoms with E-state index in [9.17, 15) is 0 Å². The molecule has 6 nitrogen and oxygen atoms in total. The molecule has 3 aromatic heterocycles. The molecule has 0 aliphatic heterocycles.